The van der Waals surface area contributed by atoms with E-state index in [1.54, 1.807) is 0 Å². The van der Waals surface area contributed by atoms with Crippen LogP contribution in [0.2, 0.25) is 0 Å². The Morgan fingerprint density at radius 1 is 1.38 bits per heavy atom. The molecule has 0 amide bonds. The Balaban J connectivity index is 3.03. The van der Waals surface area contributed by atoms with E-state index in [2.05, 4.69) is 10.2 Å². The maximum Gasteiger partial charge on any atom is 0.246 e. The summed E-state index contributed by atoms with van der Waals surface area (Å²) >= 11 is 0. The molecule has 0 saturated heterocycles. The summed E-state index contributed by atoms with van der Waals surface area (Å²) in [6, 6.07) is -0.0534. The Bertz CT molecular complexity index is 409. The van der Waals surface area contributed by atoms with Crippen molar-refractivity contribution in [3.63, 3.8) is 0 Å². The van der Waals surface area contributed by atoms with E-state index in [9.17, 15) is 8.42 Å². The summed E-state index contributed by atoms with van der Waals surface area (Å²) in [6.07, 6.45) is 2.75. The molecule has 0 aliphatic rings. The first-order valence-electron chi connectivity index (χ1n) is 5.36. The van der Waals surface area contributed by atoms with E-state index in [1.807, 2.05) is 27.7 Å². The summed E-state index contributed by atoms with van der Waals surface area (Å²) in [4.78, 5) is 0.224. The first kappa shape index (κ1) is 13.2. The van der Waals surface area contributed by atoms with Crippen LogP contribution in [0.3, 0.4) is 0 Å². The number of aromatic amines is 1. The number of nitrogens with zero attached hydrogens (tertiary/aromatic N) is 2. The lowest BCUT2D eigenvalue weighted by Crippen LogP contribution is -2.39. The Hall–Kier alpha value is -0.880. The number of aromatic nitrogens is 2. The molecule has 1 aromatic rings. The van der Waals surface area contributed by atoms with Gasteiger partial charge in [0.1, 0.15) is 4.90 Å². The van der Waals surface area contributed by atoms with Crippen molar-refractivity contribution in [1.82, 2.24) is 14.5 Å². The summed E-state index contributed by atoms with van der Waals surface area (Å²) in [7, 11) is -3.41. The number of hydrogen-bond acceptors (Lipinski definition) is 3. The maximum absolute atomic E-state index is 12.2. The van der Waals surface area contributed by atoms with Crippen LogP contribution in [-0.4, -0.2) is 35.5 Å². The first-order chi connectivity index (χ1) is 7.35. The van der Waals surface area contributed by atoms with Gasteiger partial charge >= 0.3 is 0 Å². The minimum absolute atomic E-state index is 0.0534. The molecule has 5 nitrogen and oxygen atoms in total. The fourth-order valence-electron chi connectivity index (χ4n) is 1.46. The molecule has 0 radical (unpaired) electrons. The van der Waals surface area contributed by atoms with Crippen LogP contribution in [0.1, 0.15) is 27.7 Å². The standard InChI is InChI=1S/C10H19N3O2S/c1-8(2)7-13(9(3)4)16(14,15)10-5-11-12-6-10/h5-6,8-9H,7H2,1-4H3,(H,11,12). The highest BCUT2D eigenvalue weighted by atomic mass is 32.2. The summed E-state index contributed by atoms with van der Waals surface area (Å²) < 4.78 is 26.0. The van der Waals surface area contributed by atoms with Gasteiger partial charge in [-0.3, -0.25) is 5.10 Å². The van der Waals surface area contributed by atoms with Crippen molar-refractivity contribution < 1.29 is 8.42 Å². The van der Waals surface area contributed by atoms with Crippen molar-refractivity contribution in [2.45, 2.75) is 38.6 Å². The number of nitrogens with one attached hydrogen (secondary N) is 1. The van der Waals surface area contributed by atoms with Crippen molar-refractivity contribution in [2.75, 3.05) is 6.54 Å². The predicted molar refractivity (Wildman–Crippen MR) is 62.5 cm³/mol. The Morgan fingerprint density at radius 3 is 2.38 bits per heavy atom. The van der Waals surface area contributed by atoms with Crippen LogP contribution in [0, 0.1) is 5.92 Å². The molecule has 0 unspecified atom stereocenters. The predicted octanol–water partition coefficient (Wildman–Crippen LogP) is 1.46. The molecule has 6 heteroatoms. The van der Waals surface area contributed by atoms with Gasteiger partial charge in [0.25, 0.3) is 0 Å². The fraction of sp³-hybridized carbons (Fsp3) is 0.700. The summed E-state index contributed by atoms with van der Waals surface area (Å²) in [6.45, 7) is 8.27. The van der Waals surface area contributed by atoms with Crippen LogP contribution >= 0.6 is 0 Å². The molecule has 1 heterocycles. The fourth-order valence-corrected chi connectivity index (χ4v) is 3.17. The Morgan fingerprint density at radius 2 is 2.00 bits per heavy atom. The SMILES string of the molecule is CC(C)CN(C(C)C)S(=O)(=O)c1cn[nH]c1. The third-order valence-corrected chi connectivity index (χ3v) is 4.21. The van der Waals surface area contributed by atoms with Crippen molar-refractivity contribution >= 4 is 10.0 Å². The Labute approximate surface area is 96.9 Å². The second-order valence-corrected chi connectivity index (χ2v) is 6.39. The topological polar surface area (TPSA) is 66.1 Å². The molecule has 0 aliphatic heterocycles. The molecule has 1 rings (SSSR count). The van der Waals surface area contributed by atoms with Gasteiger partial charge in [-0.1, -0.05) is 13.8 Å². The van der Waals surface area contributed by atoms with Crippen LogP contribution in [0.15, 0.2) is 17.3 Å². The molecule has 0 atom stereocenters. The van der Waals surface area contributed by atoms with E-state index in [4.69, 9.17) is 0 Å². The van der Waals surface area contributed by atoms with Gasteiger partial charge in [-0.2, -0.15) is 9.40 Å². The van der Waals surface area contributed by atoms with E-state index < -0.39 is 10.0 Å². The molecular formula is C10H19N3O2S. The van der Waals surface area contributed by atoms with Gasteiger partial charge < -0.3 is 0 Å². The second kappa shape index (κ2) is 4.97. The molecule has 0 spiro atoms. The highest BCUT2D eigenvalue weighted by molar-refractivity contribution is 7.89. The van der Waals surface area contributed by atoms with Crippen molar-refractivity contribution in [2.24, 2.45) is 5.92 Å². The van der Waals surface area contributed by atoms with Crippen molar-refractivity contribution in [1.29, 1.82) is 0 Å². The molecular weight excluding hydrogens is 226 g/mol. The van der Waals surface area contributed by atoms with E-state index in [-0.39, 0.29) is 10.9 Å². The third-order valence-electron chi connectivity index (χ3n) is 2.20. The average Bonchev–Trinajstić information content (AvgIpc) is 2.66. The quantitative estimate of drug-likeness (QED) is 0.854. The van der Waals surface area contributed by atoms with Crippen molar-refractivity contribution in [3.8, 4) is 0 Å². The number of hydrogen-bond donors (Lipinski definition) is 1. The monoisotopic (exact) mass is 245 g/mol. The zero-order valence-corrected chi connectivity index (χ0v) is 11.0. The van der Waals surface area contributed by atoms with E-state index in [0.29, 0.717) is 12.5 Å². The highest BCUT2D eigenvalue weighted by Crippen LogP contribution is 2.18. The van der Waals surface area contributed by atoms with E-state index in [1.165, 1.54) is 16.7 Å². The summed E-state index contributed by atoms with van der Waals surface area (Å²) in [5.41, 5.74) is 0. The maximum atomic E-state index is 12.2. The molecule has 92 valence electrons. The molecule has 16 heavy (non-hydrogen) atoms. The molecule has 1 N–H and O–H groups in total. The molecule has 0 bridgehead atoms. The lowest BCUT2D eigenvalue weighted by atomic mass is 10.2. The third kappa shape index (κ3) is 2.82. The largest absolute Gasteiger partial charge is 0.284 e. The van der Waals surface area contributed by atoms with Gasteiger partial charge in [0.2, 0.25) is 10.0 Å². The van der Waals surface area contributed by atoms with E-state index in [0.717, 1.165) is 0 Å². The lowest BCUT2D eigenvalue weighted by Gasteiger charge is -2.26. The van der Waals surface area contributed by atoms with Crippen LogP contribution in [0.4, 0.5) is 0 Å². The minimum atomic E-state index is -3.41. The normalized spacial score (nSPS) is 12.9. The van der Waals surface area contributed by atoms with Crippen LogP contribution in [0.5, 0.6) is 0 Å². The van der Waals surface area contributed by atoms with Gasteiger partial charge in [0.15, 0.2) is 0 Å². The highest BCUT2D eigenvalue weighted by Gasteiger charge is 2.28. The summed E-state index contributed by atoms with van der Waals surface area (Å²) in [5, 5.41) is 6.21. The number of sulfonamides is 1. The Kier molecular flexibility index (Phi) is 4.09. The van der Waals surface area contributed by atoms with Crippen molar-refractivity contribution in [3.05, 3.63) is 12.4 Å². The molecule has 0 fully saturated rings. The summed E-state index contributed by atoms with van der Waals surface area (Å²) in [5.74, 6) is 0.295. The molecule has 0 saturated carbocycles. The van der Waals surface area contributed by atoms with Crippen LogP contribution < -0.4 is 0 Å². The number of H-pyrrole nitrogens is 1. The van der Waals surface area contributed by atoms with Crippen LogP contribution in [-0.2, 0) is 10.0 Å². The van der Waals surface area contributed by atoms with Crippen LogP contribution in [0.25, 0.3) is 0 Å². The van der Waals surface area contributed by atoms with Gasteiger partial charge in [-0.15, -0.1) is 0 Å². The van der Waals surface area contributed by atoms with Gasteiger partial charge in [0.05, 0.1) is 6.20 Å². The smallest absolute Gasteiger partial charge is 0.246 e. The molecule has 0 aromatic carbocycles. The zero-order chi connectivity index (χ0) is 12.3. The van der Waals surface area contributed by atoms with Gasteiger partial charge in [-0.05, 0) is 19.8 Å². The lowest BCUT2D eigenvalue weighted by molar-refractivity contribution is 0.319. The second-order valence-electron chi connectivity index (χ2n) is 4.50. The van der Waals surface area contributed by atoms with Gasteiger partial charge in [-0.25, -0.2) is 8.42 Å². The molecule has 1 aromatic heterocycles. The van der Waals surface area contributed by atoms with E-state index >= 15 is 0 Å². The average molecular weight is 245 g/mol. The van der Waals surface area contributed by atoms with Gasteiger partial charge in [0, 0.05) is 18.8 Å². The zero-order valence-electron chi connectivity index (χ0n) is 10.1. The number of rotatable bonds is 5. The minimum Gasteiger partial charge on any atom is -0.284 e. The molecule has 0 aliphatic carbocycles. The first-order valence-corrected chi connectivity index (χ1v) is 6.80.